The monoisotopic (exact) mass is 366 g/mol. The number of carbonyl (C=O) groups is 1. The third-order valence-corrected chi connectivity index (χ3v) is 6.03. The van der Waals surface area contributed by atoms with Crippen LogP contribution in [0.3, 0.4) is 0 Å². The van der Waals surface area contributed by atoms with Crippen molar-refractivity contribution in [2.45, 2.75) is 38.5 Å². The van der Waals surface area contributed by atoms with Gasteiger partial charge >= 0.3 is 0 Å². The third kappa shape index (κ3) is 5.42. The predicted octanol–water partition coefficient (Wildman–Crippen LogP) is 3.03. The first-order valence-electron chi connectivity index (χ1n) is 7.72. The van der Waals surface area contributed by atoms with Crippen molar-refractivity contribution < 1.29 is 13.2 Å². The lowest BCUT2D eigenvalue weighted by molar-refractivity contribution is -0.120. The largest absolute Gasteiger partial charge is 0.350 e. The lowest BCUT2D eigenvalue weighted by atomic mass is 10.0. The van der Waals surface area contributed by atoms with Crippen molar-refractivity contribution in [2.24, 2.45) is 0 Å². The van der Waals surface area contributed by atoms with Gasteiger partial charge in [-0.2, -0.15) is 0 Å². The van der Waals surface area contributed by atoms with Gasteiger partial charge in [-0.15, -0.1) is 11.3 Å². The number of amides is 1. The Morgan fingerprint density at radius 2 is 1.92 bits per heavy atom. The number of sulfone groups is 1. The van der Waals surface area contributed by atoms with Gasteiger partial charge < -0.3 is 5.32 Å². The summed E-state index contributed by atoms with van der Waals surface area (Å²) in [5.74, 6) is -1.22. The van der Waals surface area contributed by atoms with Crippen molar-refractivity contribution in [3.8, 4) is 10.6 Å². The van der Waals surface area contributed by atoms with Gasteiger partial charge in [-0.25, -0.2) is 13.4 Å². The molecule has 1 aromatic carbocycles. The maximum absolute atomic E-state index is 12.2. The highest BCUT2D eigenvalue weighted by Gasteiger charge is 2.23. The molecule has 0 bridgehead atoms. The molecule has 0 saturated carbocycles. The van der Waals surface area contributed by atoms with Gasteiger partial charge in [-0.3, -0.25) is 4.79 Å². The third-order valence-electron chi connectivity index (χ3n) is 3.65. The zero-order chi connectivity index (χ0) is 17.8. The Bertz CT molecular complexity index is 796. The molecule has 1 aromatic heterocycles. The number of carbonyl (C=O) groups excluding carboxylic acids is 1. The van der Waals surface area contributed by atoms with Crippen LogP contribution in [0.2, 0.25) is 0 Å². The van der Waals surface area contributed by atoms with Gasteiger partial charge in [0.2, 0.25) is 5.91 Å². The second kappa shape index (κ2) is 7.44. The van der Waals surface area contributed by atoms with Crippen LogP contribution in [0, 0.1) is 0 Å². The molecule has 0 aliphatic rings. The van der Waals surface area contributed by atoms with Crippen molar-refractivity contribution >= 4 is 27.1 Å². The molecule has 24 heavy (non-hydrogen) atoms. The molecule has 1 N–H and O–H groups in total. The molecule has 2 rings (SSSR count). The minimum absolute atomic E-state index is 0.226. The first kappa shape index (κ1) is 18.6. The fourth-order valence-corrected chi connectivity index (χ4v) is 4.17. The molecule has 0 unspecified atom stereocenters. The second-order valence-corrected chi connectivity index (χ2v) is 9.25. The molecule has 0 saturated heterocycles. The van der Waals surface area contributed by atoms with E-state index in [1.807, 2.05) is 51.1 Å². The molecule has 5 nitrogen and oxygen atoms in total. The molecule has 2 aromatic rings. The Kier molecular flexibility index (Phi) is 5.77. The first-order valence-corrected chi connectivity index (χ1v) is 10.4. The van der Waals surface area contributed by atoms with E-state index in [0.717, 1.165) is 17.0 Å². The highest BCUT2D eigenvalue weighted by molar-refractivity contribution is 7.91. The average Bonchev–Trinajstić information content (AvgIpc) is 2.94. The number of hydrogen-bond acceptors (Lipinski definition) is 5. The average molecular weight is 367 g/mol. The number of rotatable bonds is 7. The van der Waals surface area contributed by atoms with Gasteiger partial charge in [0.15, 0.2) is 9.84 Å². The van der Waals surface area contributed by atoms with Crippen molar-refractivity contribution in [1.29, 1.82) is 0 Å². The fraction of sp³-hybridized carbons (Fsp3) is 0.412. The minimum Gasteiger partial charge on any atom is -0.350 e. The zero-order valence-electron chi connectivity index (χ0n) is 14.1. The summed E-state index contributed by atoms with van der Waals surface area (Å²) in [5, 5.41) is 5.25. The van der Waals surface area contributed by atoms with Crippen molar-refractivity contribution in [3.05, 3.63) is 41.4 Å². The highest BCUT2D eigenvalue weighted by Crippen LogP contribution is 2.24. The van der Waals surface area contributed by atoms with E-state index in [-0.39, 0.29) is 5.75 Å². The van der Waals surface area contributed by atoms with Crippen LogP contribution in [0.1, 0.15) is 32.9 Å². The van der Waals surface area contributed by atoms with Gasteiger partial charge in [-0.05, 0) is 20.3 Å². The van der Waals surface area contributed by atoms with Crippen LogP contribution in [0.25, 0.3) is 10.6 Å². The Morgan fingerprint density at radius 3 is 2.54 bits per heavy atom. The summed E-state index contributed by atoms with van der Waals surface area (Å²) < 4.78 is 24.5. The van der Waals surface area contributed by atoms with Crippen LogP contribution >= 0.6 is 11.3 Å². The topological polar surface area (TPSA) is 76.1 Å². The van der Waals surface area contributed by atoms with E-state index in [1.165, 1.54) is 11.3 Å². The molecule has 0 radical (unpaired) electrons. The van der Waals surface area contributed by atoms with Crippen LogP contribution < -0.4 is 5.32 Å². The standard InChI is InChI=1S/C17H22N2O3S2/c1-4-17(2,3)19-15(20)12-24(21,22)11-14-10-23-16(18-14)13-8-6-5-7-9-13/h5-10H,4,11-12H2,1-3H3,(H,19,20). The summed E-state index contributed by atoms with van der Waals surface area (Å²) in [5.41, 5.74) is 1.02. The maximum Gasteiger partial charge on any atom is 0.235 e. The second-order valence-electron chi connectivity index (χ2n) is 6.33. The number of nitrogens with one attached hydrogen (secondary N) is 1. The fourth-order valence-electron chi connectivity index (χ4n) is 2.06. The number of hydrogen-bond donors (Lipinski definition) is 1. The van der Waals surface area contributed by atoms with E-state index >= 15 is 0 Å². The molecular weight excluding hydrogens is 344 g/mol. The number of nitrogens with zero attached hydrogens (tertiary/aromatic N) is 1. The van der Waals surface area contributed by atoms with E-state index in [2.05, 4.69) is 10.3 Å². The number of thiazole rings is 1. The first-order chi connectivity index (χ1) is 11.2. The van der Waals surface area contributed by atoms with Crippen molar-refractivity contribution in [3.63, 3.8) is 0 Å². The van der Waals surface area contributed by atoms with Crippen molar-refractivity contribution in [2.75, 3.05) is 5.75 Å². The molecule has 0 fully saturated rings. The molecule has 0 spiro atoms. The molecular formula is C17H22N2O3S2. The number of benzene rings is 1. The highest BCUT2D eigenvalue weighted by atomic mass is 32.2. The van der Waals surface area contributed by atoms with Crippen LogP contribution in [0.4, 0.5) is 0 Å². The minimum atomic E-state index is -3.55. The van der Waals surface area contributed by atoms with E-state index < -0.39 is 27.0 Å². The molecule has 7 heteroatoms. The molecule has 1 heterocycles. The molecule has 1 amide bonds. The molecule has 0 aliphatic heterocycles. The molecule has 130 valence electrons. The van der Waals surface area contributed by atoms with Crippen molar-refractivity contribution in [1.82, 2.24) is 10.3 Å². The van der Waals surface area contributed by atoms with Crippen LogP contribution in [0.5, 0.6) is 0 Å². The quantitative estimate of drug-likeness (QED) is 0.817. The van der Waals surface area contributed by atoms with Crippen LogP contribution in [-0.2, 0) is 20.4 Å². The Balaban J connectivity index is 2.02. The molecule has 0 atom stereocenters. The van der Waals surface area contributed by atoms with Gasteiger partial charge in [0.05, 0.1) is 11.4 Å². The van der Waals surface area contributed by atoms with Gasteiger partial charge in [-0.1, -0.05) is 37.3 Å². The molecule has 0 aliphatic carbocycles. The van der Waals surface area contributed by atoms with Crippen LogP contribution in [-0.4, -0.2) is 30.6 Å². The lowest BCUT2D eigenvalue weighted by Crippen LogP contribution is -2.45. The summed E-state index contributed by atoms with van der Waals surface area (Å²) >= 11 is 1.40. The van der Waals surface area contributed by atoms with E-state index in [4.69, 9.17) is 0 Å². The zero-order valence-corrected chi connectivity index (χ0v) is 15.7. The maximum atomic E-state index is 12.2. The lowest BCUT2D eigenvalue weighted by Gasteiger charge is -2.24. The smallest absolute Gasteiger partial charge is 0.235 e. The summed E-state index contributed by atoms with van der Waals surface area (Å²) in [6.07, 6.45) is 0.727. The Labute approximate surface area is 147 Å². The van der Waals surface area contributed by atoms with E-state index in [9.17, 15) is 13.2 Å². The van der Waals surface area contributed by atoms with Crippen LogP contribution in [0.15, 0.2) is 35.7 Å². The summed E-state index contributed by atoms with van der Waals surface area (Å²) in [4.78, 5) is 16.3. The van der Waals surface area contributed by atoms with E-state index in [1.54, 1.807) is 5.38 Å². The summed E-state index contributed by atoms with van der Waals surface area (Å²) in [6.45, 7) is 5.67. The Morgan fingerprint density at radius 1 is 1.25 bits per heavy atom. The summed E-state index contributed by atoms with van der Waals surface area (Å²) in [6, 6.07) is 9.59. The normalized spacial score (nSPS) is 12.1. The number of aromatic nitrogens is 1. The Hall–Kier alpha value is -1.73. The van der Waals surface area contributed by atoms with Gasteiger partial charge in [0.25, 0.3) is 0 Å². The summed E-state index contributed by atoms with van der Waals surface area (Å²) in [7, 11) is -3.55. The van der Waals surface area contributed by atoms with Gasteiger partial charge in [0, 0.05) is 16.5 Å². The van der Waals surface area contributed by atoms with Gasteiger partial charge in [0.1, 0.15) is 10.8 Å². The van der Waals surface area contributed by atoms with E-state index in [0.29, 0.717) is 5.69 Å². The SMILES string of the molecule is CCC(C)(C)NC(=O)CS(=O)(=O)Cc1csc(-c2ccccc2)n1. The predicted molar refractivity (Wildman–Crippen MR) is 97.6 cm³/mol.